The van der Waals surface area contributed by atoms with Gasteiger partial charge < -0.3 is 14.6 Å². The zero-order valence-electron chi connectivity index (χ0n) is 12.0. The summed E-state index contributed by atoms with van der Waals surface area (Å²) in [7, 11) is 3.28. The molecule has 0 unspecified atom stereocenters. The number of hydrogen-bond donors (Lipinski definition) is 1. The lowest BCUT2D eigenvalue weighted by Crippen LogP contribution is -2.01. The van der Waals surface area contributed by atoms with E-state index in [0.29, 0.717) is 27.2 Å². The van der Waals surface area contributed by atoms with Crippen LogP contribution in [0.25, 0.3) is 0 Å². The van der Waals surface area contributed by atoms with Crippen LogP contribution < -0.4 is 9.47 Å². The monoisotopic (exact) mass is 330 g/mol. The minimum atomic E-state index is -0.121. The summed E-state index contributed by atoms with van der Waals surface area (Å²) >= 11 is 12.3. The first-order valence-corrected chi connectivity index (χ1v) is 7.01. The van der Waals surface area contributed by atoms with E-state index in [9.17, 15) is 5.11 Å². The third-order valence-corrected chi connectivity index (χ3v) is 3.86. The van der Waals surface area contributed by atoms with E-state index in [1.165, 1.54) is 7.11 Å². The fourth-order valence-electron chi connectivity index (χ4n) is 1.99. The van der Waals surface area contributed by atoms with Gasteiger partial charge in [-0.2, -0.15) is 5.10 Å². The van der Waals surface area contributed by atoms with Gasteiger partial charge in [-0.05, 0) is 24.6 Å². The molecule has 0 fully saturated rings. The molecule has 5 nitrogen and oxygen atoms in total. The molecule has 0 amide bonds. The normalized spacial score (nSPS) is 10.8. The Kier molecular flexibility index (Phi) is 4.98. The van der Waals surface area contributed by atoms with E-state index in [1.54, 1.807) is 23.9 Å². The van der Waals surface area contributed by atoms with Crippen LogP contribution >= 0.6 is 23.2 Å². The number of aryl methyl sites for hydroxylation is 2. The molecule has 21 heavy (non-hydrogen) atoms. The molecule has 0 radical (unpaired) electrons. The summed E-state index contributed by atoms with van der Waals surface area (Å²) in [5, 5.41) is 14.3. The number of methoxy groups -OCH3 is 1. The molecule has 0 saturated carbocycles. The van der Waals surface area contributed by atoms with Crippen LogP contribution in [-0.4, -0.2) is 22.0 Å². The first kappa shape index (κ1) is 15.9. The highest BCUT2D eigenvalue weighted by Gasteiger charge is 2.16. The van der Waals surface area contributed by atoms with Crippen molar-refractivity contribution in [3.63, 3.8) is 0 Å². The van der Waals surface area contributed by atoms with Gasteiger partial charge in [-0.15, -0.1) is 0 Å². The highest BCUT2D eigenvalue weighted by molar-refractivity contribution is 6.32. The summed E-state index contributed by atoms with van der Waals surface area (Å²) in [5.41, 5.74) is 2.24. The Bertz CT molecular complexity index is 656. The topological polar surface area (TPSA) is 56.5 Å². The number of ether oxygens (including phenoxy) is 2. The minimum Gasteiger partial charge on any atom is -0.493 e. The second-order valence-corrected chi connectivity index (χ2v) is 5.30. The number of rotatable bonds is 5. The van der Waals surface area contributed by atoms with Gasteiger partial charge in [0.05, 0.1) is 24.4 Å². The van der Waals surface area contributed by atoms with Crippen LogP contribution in [0.15, 0.2) is 12.1 Å². The molecule has 1 N–H and O–H groups in total. The molecule has 114 valence electrons. The van der Waals surface area contributed by atoms with Crippen LogP contribution in [0.1, 0.15) is 16.8 Å². The van der Waals surface area contributed by atoms with Crippen LogP contribution in [0.2, 0.25) is 10.2 Å². The Morgan fingerprint density at radius 2 is 2.05 bits per heavy atom. The molecule has 0 aliphatic heterocycles. The number of halogens is 2. The van der Waals surface area contributed by atoms with Gasteiger partial charge in [-0.3, -0.25) is 4.68 Å². The summed E-state index contributed by atoms with van der Waals surface area (Å²) in [6.45, 7) is 1.97. The number of aliphatic hydroxyl groups is 1. The van der Waals surface area contributed by atoms with Crippen LogP contribution in [0, 0.1) is 6.92 Å². The second-order valence-electron chi connectivity index (χ2n) is 4.53. The summed E-state index contributed by atoms with van der Waals surface area (Å²) in [6.07, 6.45) is 0. The Labute approximate surface area is 133 Å². The number of benzene rings is 1. The maximum Gasteiger partial charge on any atom is 0.180 e. The predicted molar refractivity (Wildman–Crippen MR) is 81.2 cm³/mol. The largest absolute Gasteiger partial charge is 0.493 e. The zero-order chi connectivity index (χ0) is 15.6. The summed E-state index contributed by atoms with van der Waals surface area (Å²) in [5.74, 6) is 0.875. The van der Waals surface area contributed by atoms with Crippen molar-refractivity contribution < 1.29 is 14.6 Å². The molecule has 1 aromatic heterocycles. The molecule has 0 aliphatic rings. The Balaban J connectivity index is 2.27. The quantitative estimate of drug-likeness (QED) is 0.915. The third kappa shape index (κ3) is 3.26. The van der Waals surface area contributed by atoms with E-state index in [1.807, 2.05) is 6.92 Å². The highest BCUT2D eigenvalue weighted by atomic mass is 35.5. The average Bonchev–Trinajstić information content (AvgIpc) is 2.70. The number of aliphatic hydroxyl groups excluding tert-OH is 1. The second kappa shape index (κ2) is 6.56. The summed E-state index contributed by atoms with van der Waals surface area (Å²) < 4.78 is 12.6. The average molecular weight is 331 g/mol. The lowest BCUT2D eigenvalue weighted by molar-refractivity contribution is 0.274. The van der Waals surface area contributed by atoms with Gasteiger partial charge in [0.1, 0.15) is 11.8 Å². The first-order chi connectivity index (χ1) is 9.97. The molecule has 1 heterocycles. The van der Waals surface area contributed by atoms with Gasteiger partial charge in [0.15, 0.2) is 11.5 Å². The van der Waals surface area contributed by atoms with Crippen LogP contribution in [0.5, 0.6) is 11.5 Å². The van der Waals surface area contributed by atoms with E-state index in [0.717, 1.165) is 11.3 Å². The molecule has 0 aliphatic carbocycles. The fraction of sp³-hybridized carbons (Fsp3) is 0.357. The molecule has 2 rings (SSSR count). The van der Waals surface area contributed by atoms with Gasteiger partial charge in [0.25, 0.3) is 0 Å². The van der Waals surface area contributed by atoms with Gasteiger partial charge in [-0.25, -0.2) is 0 Å². The van der Waals surface area contributed by atoms with Crippen molar-refractivity contribution in [3.8, 4) is 11.5 Å². The highest BCUT2D eigenvalue weighted by Crippen LogP contribution is 2.37. The van der Waals surface area contributed by atoms with Gasteiger partial charge in [0.2, 0.25) is 0 Å². The molecule has 0 atom stereocenters. The smallest absolute Gasteiger partial charge is 0.180 e. The van der Waals surface area contributed by atoms with Gasteiger partial charge in [-0.1, -0.05) is 23.2 Å². The van der Waals surface area contributed by atoms with Crippen molar-refractivity contribution in [2.24, 2.45) is 7.05 Å². The zero-order valence-corrected chi connectivity index (χ0v) is 13.5. The van der Waals surface area contributed by atoms with Crippen molar-refractivity contribution in [1.29, 1.82) is 0 Å². The molecule has 0 saturated heterocycles. The first-order valence-electron chi connectivity index (χ1n) is 6.26. The maximum atomic E-state index is 9.17. The Morgan fingerprint density at radius 3 is 2.57 bits per heavy atom. The Hall–Kier alpha value is -1.43. The van der Waals surface area contributed by atoms with Crippen molar-refractivity contribution in [2.45, 2.75) is 20.1 Å². The molecular formula is C14H16Cl2N2O3. The van der Waals surface area contributed by atoms with Gasteiger partial charge >= 0.3 is 0 Å². The Morgan fingerprint density at radius 1 is 1.33 bits per heavy atom. The molecule has 1 aromatic carbocycles. The van der Waals surface area contributed by atoms with Crippen molar-refractivity contribution in [1.82, 2.24) is 9.78 Å². The maximum absolute atomic E-state index is 9.17. The van der Waals surface area contributed by atoms with Crippen molar-refractivity contribution in [3.05, 3.63) is 39.1 Å². The molecular weight excluding hydrogens is 315 g/mol. The summed E-state index contributed by atoms with van der Waals surface area (Å²) in [4.78, 5) is 0. The fourth-order valence-corrected chi connectivity index (χ4v) is 2.50. The standard InChI is InChI=1S/C14H16Cl2N2O3/c1-8-10(14(16)18(2)17-8)7-21-13-11(15)4-9(6-19)5-12(13)20-3/h4-5,19H,6-7H2,1-3H3. The van der Waals surface area contributed by atoms with Crippen molar-refractivity contribution in [2.75, 3.05) is 7.11 Å². The van der Waals surface area contributed by atoms with Crippen LogP contribution in [0.3, 0.4) is 0 Å². The molecule has 2 aromatic rings. The van der Waals surface area contributed by atoms with E-state index < -0.39 is 0 Å². The van der Waals surface area contributed by atoms with E-state index in [4.69, 9.17) is 32.7 Å². The van der Waals surface area contributed by atoms with Crippen LogP contribution in [-0.2, 0) is 20.3 Å². The SMILES string of the molecule is COc1cc(CO)cc(Cl)c1OCc1c(C)nn(C)c1Cl. The van der Waals surface area contributed by atoms with Crippen molar-refractivity contribution >= 4 is 23.2 Å². The lowest BCUT2D eigenvalue weighted by Gasteiger charge is -2.13. The van der Waals surface area contributed by atoms with E-state index in [-0.39, 0.29) is 13.2 Å². The third-order valence-electron chi connectivity index (χ3n) is 3.10. The number of nitrogens with zero attached hydrogens (tertiary/aromatic N) is 2. The molecule has 0 spiro atoms. The number of hydrogen-bond acceptors (Lipinski definition) is 4. The van der Waals surface area contributed by atoms with E-state index in [2.05, 4.69) is 5.10 Å². The predicted octanol–water partition coefficient (Wildman–Crippen LogP) is 3.12. The van der Waals surface area contributed by atoms with E-state index >= 15 is 0 Å². The summed E-state index contributed by atoms with van der Waals surface area (Å²) in [6, 6.07) is 3.32. The molecule has 7 heteroatoms. The molecule has 0 bridgehead atoms. The van der Waals surface area contributed by atoms with Crippen LogP contribution in [0.4, 0.5) is 0 Å². The lowest BCUT2D eigenvalue weighted by atomic mass is 10.2. The number of aromatic nitrogens is 2. The minimum absolute atomic E-state index is 0.121. The van der Waals surface area contributed by atoms with Gasteiger partial charge in [0, 0.05) is 12.6 Å².